The summed E-state index contributed by atoms with van der Waals surface area (Å²) in [7, 11) is 2.05. The average molecular weight is 241 g/mol. The largest absolute Gasteiger partial charge is 0.355 e. The molecule has 1 N–H and O–H groups in total. The molecule has 0 radical (unpaired) electrons. The number of anilines is 2. The summed E-state index contributed by atoms with van der Waals surface area (Å²) in [5, 5.41) is 3.72. The van der Waals surface area contributed by atoms with Crippen molar-refractivity contribution in [2.75, 3.05) is 23.8 Å². The average Bonchev–Trinajstić information content (AvgIpc) is 2.18. The van der Waals surface area contributed by atoms with Crippen molar-refractivity contribution in [3.63, 3.8) is 0 Å². The molecular weight excluding hydrogens is 224 g/mol. The molecule has 1 aromatic rings. The highest BCUT2D eigenvalue weighted by molar-refractivity contribution is 6.32. The van der Waals surface area contributed by atoms with E-state index >= 15 is 0 Å². The minimum absolute atomic E-state index is 0.585. The molecule has 1 heterocycles. The fourth-order valence-corrected chi connectivity index (χ4v) is 2.02. The molecule has 1 fully saturated rings. The Morgan fingerprint density at radius 3 is 2.88 bits per heavy atom. The number of halogens is 1. The molecule has 0 aliphatic heterocycles. The number of hydrogen-bond donors (Lipinski definition) is 1. The third-order valence-electron chi connectivity index (χ3n) is 3.02. The number of nitrogens with zero attached hydrogens (tertiary/aromatic N) is 3. The summed E-state index contributed by atoms with van der Waals surface area (Å²) in [4.78, 5) is 10.7. The number of rotatable bonds is 4. The predicted octanol–water partition coefficient (Wildman–Crippen LogP) is 2.55. The van der Waals surface area contributed by atoms with Gasteiger partial charge in [0.05, 0.1) is 6.20 Å². The molecule has 0 unspecified atom stereocenters. The molecule has 0 spiro atoms. The van der Waals surface area contributed by atoms with Crippen molar-refractivity contribution in [1.82, 2.24) is 9.97 Å². The van der Waals surface area contributed by atoms with Crippen molar-refractivity contribution >= 4 is 23.4 Å². The summed E-state index contributed by atoms with van der Waals surface area (Å²) in [6.07, 6.45) is 5.43. The Labute approximate surface area is 101 Å². The first-order valence-corrected chi connectivity index (χ1v) is 6.09. The van der Waals surface area contributed by atoms with Crippen molar-refractivity contribution in [3.8, 4) is 0 Å². The summed E-state index contributed by atoms with van der Waals surface area (Å²) in [6, 6.07) is 0.585. The molecular formula is C11H17ClN4. The van der Waals surface area contributed by atoms with Gasteiger partial charge >= 0.3 is 0 Å². The smallest absolute Gasteiger partial charge is 0.224 e. The van der Waals surface area contributed by atoms with Crippen molar-refractivity contribution in [1.29, 1.82) is 0 Å². The van der Waals surface area contributed by atoms with Gasteiger partial charge in [0.1, 0.15) is 5.02 Å². The topological polar surface area (TPSA) is 41.1 Å². The molecule has 0 atom stereocenters. The van der Waals surface area contributed by atoms with Crippen LogP contribution in [0.5, 0.6) is 0 Å². The molecule has 4 nitrogen and oxygen atoms in total. The van der Waals surface area contributed by atoms with E-state index in [1.807, 2.05) is 14.0 Å². The van der Waals surface area contributed by atoms with E-state index in [2.05, 4.69) is 20.2 Å². The van der Waals surface area contributed by atoms with Gasteiger partial charge in [-0.25, -0.2) is 4.98 Å². The van der Waals surface area contributed by atoms with Crippen molar-refractivity contribution < 1.29 is 0 Å². The SMILES string of the molecule is CCNc1ncc(Cl)c(N(C)C2CCC2)n1. The maximum Gasteiger partial charge on any atom is 0.224 e. The monoisotopic (exact) mass is 240 g/mol. The van der Waals surface area contributed by atoms with E-state index < -0.39 is 0 Å². The Morgan fingerprint density at radius 2 is 2.31 bits per heavy atom. The Hall–Kier alpha value is -1.03. The molecule has 0 amide bonds. The van der Waals surface area contributed by atoms with E-state index in [9.17, 15) is 0 Å². The minimum Gasteiger partial charge on any atom is -0.355 e. The van der Waals surface area contributed by atoms with Crippen LogP contribution in [-0.4, -0.2) is 29.6 Å². The van der Waals surface area contributed by atoms with Crippen LogP contribution in [-0.2, 0) is 0 Å². The van der Waals surface area contributed by atoms with Crippen LogP contribution in [0, 0.1) is 0 Å². The Morgan fingerprint density at radius 1 is 1.56 bits per heavy atom. The molecule has 88 valence electrons. The third-order valence-corrected chi connectivity index (χ3v) is 3.28. The molecule has 5 heteroatoms. The molecule has 1 aliphatic rings. The highest BCUT2D eigenvalue weighted by Gasteiger charge is 2.24. The summed E-state index contributed by atoms with van der Waals surface area (Å²) >= 11 is 6.12. The second-order valence-corrected chi connectivity index (χ2v) is 4.50. The standard InChI is InChI=1S/C11H17ClN4/c1-3-13-11-14-7-9(12)10(15-11)16(2)8-5-4-6-8/h7-8H,3-6H2,1-2H3,(H,13,14,15). The van der Waals surface area contributed by atoms with E-state index in [1.165, 1.54) is 19.3 Å². The lowest BCUT2D eigenvalue weighted by molar-refractivity contribution is 0.399. The van der Waals surface area contributed by atoms with Crippen LogP contribution in [0.25, 0.3) is 0 Å². The van der Waals surface area contributed by atoms with E-state index in [4.69, 9.17) is 11.6 Å². The molecule has 2 rings (SSSR count). The third kappa shape index (κ3) is 2.21. The Bertz CT molecular complexity index is 365. The minimum atomic E-state index is 0.585. The first-order chi connectivity index (χ1) is 7.72. The number of hydrogen-bond acceptors (Lipinski definition) is 4. The Balaban J connectivity index is 2.19. The van der Waals surface area contributed by atoms with E-state index in [1.54, 1.807) is 6.20 Å². The van der Waals surface area contributed by atoms with Crippen LogP contribution >= 0.6 is 11.6 Å². The van der Waals surface area contributed by atoms with Gasteiger partial charge in [0.25, 0.3) is 0 Å². The molecule has 16 heavy (non-hydrogen) atoms. The lowest BCUT2D eigenvalue weighted by atomic mass is 9.92. The molecule has 1 aromatic heterocycles. The van der Waals surface area contributed by atoms with E-state index in [0.717, 1.165) is 12.4 Å². The van der Waals surface area contributed by atoms with E-state index in [0.29, 0.717) is 17.0 Å². The molecule has 1 aliphatic carbocycles. The van der Waals surface area contributed by atoms with Gasteiger partial charge in [-0.2, -0.15) is 4.98 Å². The highest BCUT2D eigenvalue weighted by Crippen LogP contribution is 2.31. The zero-order valence-electron chi connectivity index (χ0n) is 9.70. The zero-order chi connectivity index (χ0) is 11.5. The predicted molar refractivity (Wildman–Crippen MR) is 67.2 cm³/mol. The molecule has 1 saturated carbocycles. The second-order valence-electron chi connectivity index (χ2n) is 4.09. The lowest BCUT2D eigenvalue weighted by Gasteiger charge is -2.35. The summed E-state index contributed by atoms with van der Waals surface area (Å²) < 4.78 is 0. The van der Waals surface area contributed by atoms with Gasteiger partial charge in [-0.1, -0.05) is 11.6 Å². The fraction of sp³-hybridized carbons (Fsp3) is 0.636. The molecule has 0 saturated heterocycles. The first kappa shape index (κ1) is 11.5. The lowest BCUT2D eigenvalue weighted by Crippen LogP contribution is -2.37. The molecule has 0 bridgehead atoms. The highest BCUT2D eigenvalue weighted by atomic mass is 35.5. The quantitative estimate of drug-likeness (QED) is 0.878. The van der Waals surface area contributed by atoms with Gasteiger partial charge < -0.3 is 10.2 Å². The maximum atomic E-state index is 6.12. The van der Waals surface area contributed by atoms with Crippen LogP contribution < -0.4 is 10.2 Å². The van der Waals surface area contributed by atoms with Gasteiger partial charge in [-0.05, 0) is 26.2 Å². The first-order valence-electron chi connectivity index (χ1n) is 5.71. The maximum absolute atomic E-state index is 6.12. The van der Waals surface area contributed by atoms with Crippen LogP contribution in [0.3, 0.4) is 0 Å². The van der Waals surface area contributed by atoms with Gasteiger partial charge in [0.2, 0.25) is 5.95 Å². The normalized spacial score (nSPS) is 15.7. The van der Waals surface area contributed by atoms with Gasteiger partial charge in [0, 0.05) is 19.6 Å². The van der Waals surface area contributed by atoms with Crippen molar-refractivity contribution in [2.45, 2.75) is 32.2 Å². The van der Waals surface area contributed by atoms with Crippen molar-refractivity contribution in [2.24, 2.45) is 0 Å². The molecule has 0 aromatic carbocycles. The van der Waals surface area contributed by atoms with Gasteiger partial charge in [-0.3, -0.25) is 0 Å². The second kappa shape index (κ2) is 4.87. The van der Waals surface area contributed by atoms with Crippen molar-refractivity contribution in [3.05, 3.63) is 11.2 Å². The fourth-order valence-electron chi connectivity index (χ4n) is 1.80. The van der Waals surface area contributed by atoms with Crippen LogP contribution in [0.2, 0.25) is 5.02 Å². The number of nitrogens with one attached hydrogen (secondary N) is 1. The zero-order valence-corrected chi connectivity index (χ0v) is 10.5. The van der Waals surface area contributed by atoms with Crippen LogP contribution in [0.15, 0.2) is 6.20 Å². The summed E-state index contributed by atoms with van der Waals surface area (Å²) in [5.41, 5.74) is 0. The Kier molecular flexibility index (Phi) is 3.49. The van der Waals surface area contributed by atoms with E-state index in [-0.39, 0.29) is 0 Å². The van der Waals surface area contributed by atoms with Gasteiger partial charge in [-0.15, -0.1) is 0 Å². The van der Waals surface area contributed by atoms with Crippen LogP contribution in [0.1, 0.15) is 26.2 Å². The summed E-state index contributed by atoms with van der Waals surface area (Å²) in [5.74, 6) is 1.48. The summed E-state index contributed by atoms with van der Waals surface area (Å²) in [6.45, 7) is 2.83. The number of aromatic nitrogens is 2. The van der Waals surface area contributed by atoms with Gasteiger partial charge in [0.15, 0.2) is 5.82 Å². The van der Waals surface area contributed by atoms with Crippen LogP contribution in [0.4, 0.5) is 11.8 Å².